The van der Waals surface area contributed by atoms with Gasteiger partial charge in [0.15, 0.2) is 0 Å². The summed E-state index contributed by atoms with van der Waals surface area (Å²) in [4.78, 5) is 49.4. The lowest BCUT2D eigenvalue weighted by Crippen LogP contribution is -2.44. The number of thioether (sulfide) groups is 1. The summed E-state index contributed by atoms with van der Waals surface area (Å²) in [7, 11) is 0. The molecular weight excluding hydrogens is 428 g/mol. The van der Waals surface area contributed by atoms with E-state index in [1.54, 1.807) is 30.3 Å². The molecule has 170 valence electrons. The number of rotatable bonds is 10. The van der Waals surface area contributed by atoms with Crippen LogP contribution >= 0.6 is 11.8 Å². The molecule has 0 aliphatic carbocycles. The third-order valence-electron chi connectivity index (χ3n) is 4.16. The van der Waals surface area contributed by atoms with E-state index < -0.39 is 36.0 Å². The summed E-state index contributed by atoms with van der Waals surface area (Å²) in [5, 5.41) is 1.71. The van der Waals surface area contributed by atoms with Crippen molar-refractivity contribution in [1.29, 1.82) is 0 Å². The maximum atomic E-state index is 12.3. The van der Waals surface area contributed by atoms with E-state index in [1.165, 1.54) is 6.92 Å². The van der Waals surface area contributed by atoms with Crippen LogP contribution in [0.3, 0.4) is 0 Å². The minimum absolute atomic E-state index is 0.0819. The van der Waals surface area contributed by atoms with Crippen LogP contribution in [0.1, 0.15) is 17.3 Å². The minimum Gasteiger partial charge on any atom is -0.463 e. The van der Waals surface area contributed by atoms with Crippen LogP contribution in [0.2, 0.25) is 0 Å². The Balaban J connectivity index is 1.68. The van der Waals surface area contributed by atoms with Gasteiger partial charge in [-0.15, -0.1) is 0 Å². The second-order valence-electron chi connectivity index (χ2n) is 6.50. The number of carbonyl (C=O) groups is 4. The van der Waals surface area contributed by atoms with E-state index in [0.29, 0.717) is 37.1 Å². The van der Waals surface area contributed by atoms with Gasteiger partial charge in [0.25, 0.3) is 0 Å². The smallest absolute Gasteiger partial charge is 0.370 e. The van der Waals surface area contributed by atoms with E-state index in [9.17, 15) is 19.2 Å². The largest absolute Gasteiger partial charge is 0.463 e. The predicted octanol–water partition coefficient (Wildman–Crippen LogP) is 1.05. The zero-order chi connectivity index (χ0) is 22.5. The lowest BCUT2D eigenvalue weighted by molar-refractivity contribution is -0.147. The molecule has 0 saturated carbocycles. The van der Waals surface area contributed by atoms with Gasteiger partial charge in [-0.2, -0.15) is 0 Å². The summed E-state index contributed by atoms with van der Waals surface area (Å²) in [5.74, 6) is -1.78. The van der Waals surface area contributed by atoms with Gasteiger partial charge in [-0.25, -0.2) is 14.4 Å². The van der Waals surface area contributed by atoms with E-state index in [-0.39, 0.29) is 12.4 Å². The standard InChI is InChI=1S/C20H26N2O8S/c1-15(23)21-17(19(25)28-12-9-22-7-10-27-11-8-22)13-31-20(26)30-14-29-18(24)16-5-3-2-4-6-16/h2-6,17H,7-14H2,1H3,(H,21,23)/t17-/m0/s1. The quantitative estimate of drug-likeness (QED) is 0.406. The van der Waals surface area contributed by atoms with Gasteiger partial charge in [-0.1, -0.05) is 18.2 Å². The van der Waals surface area contributed by atoms with Crippen molar-refractivity contribution >= 4 is 34.9 Å². The second-order valence-corrected chi connectivity index (χ2v) is 7.45. The minimum atomic E-state index is -1.01. The second kappa shape index (κ2) is 13.6. The Morgan fingerprint density at radius 2 is 1.81 bits per heavy atom. The Labute approximate surface area is 184 Å². The maximum absolute atomic E-state index is 12.3. The van der Waals surface area contributed by atoms with Crippen LogP contribution in [0.25, 0.3) is 0 Å². The van der Waals surface area contributed by atoms with Gasteiger partial charge in [0.1, 0.15) is 12.6 Å². The maximum Gasteiger partial charge on any atom is 0.370 e. The van der Waals surface area contributed by atoms with Crippen LogP contribution in [0, 0.1) is 0 Å². The van der Waals surface area contributed by atoms with Gasteiger partial charge in [0.2, 0.25) is 12.7 Å². The lowest BCUT2D eigenvalue weighted by atomic mass is 10.2. The van der Waals surface area contributed by atoms with Gasteiger partial charge in [0, 0.05) is 32.3 Å². The fraction of sp³-hybridized carbons (Fsp3) is 0.500. The molecule has 11 heteroatoms. The summed E-state index contributed by atoms with van der Waals surface area (Å²) in [5.41, 5.74) is 0.330. The number of carbonyl (C=O) groups excluding carboxylic acids is 4. The summed E-state index contributed by atoms with van der Waals surface area (Å²) in [6, 6.07) is 7.25. The SMILES string of the molecule is CC(=O)N[C@@H](CSC(=O)OCOC(=O)c1ccccc1)C(=O)OCCN1CCOCC1. The molecule has 0 spiro atoms. The van der Waals surface area contributed by atoms with Crippen molar-refractivity contribution in [2.75, 3.05) is 52.0 Å². The number of esters is 2. The molecule has 0 radical (unpaired) electrons. The van der Waals surface area contributed by atoms with Crippen LogP contribution < -0.4 is 5.32 Å². The van der Waals surface area contributed by atoms with E-state index in [1.807, 2.05) is 0 Å². The Kier molecular flexibility index (Phi) is 10.8. The van der Waals surface area contributed by atoms with Crippen molar-refractivity contribution in [3.05, 3.63) is 35.9 Å². The molecule has 1 aliphatic rings. The first kappa shape index (κ1) is 24.6. The first-order valence-corrected chi connectivity index (χ1v) is 10.7. The molecule has 31 heavy (non-hydrogen) atoms. The fourth-order valence-electron chi connectivity index (χ4n) is 2.60. The number of benzene rings is 1. The number of hydrogen-bond donors (Lipinski definition) is 1. The average molecular weight is 455 g/mol. The van der Waals surface area contributed by atoms with E-state index in [2.05, 4.69) is 10.2 Å². The molecule has 0 bridgehead atoms. The topological polar surface area (TPSA) is 120 Å². The third-order valence-corrected chi connectivity index (χ3v) is 5.02. The Bertz CT molecular complexity index is 740. The highest BCUT2D eigenvalue weighted by Gasteiger charge is 2.23. The Morgan fingerprint density at radius 1 is 1.10 bits per heavy atom. The molecule has 1 N–H and O–H groups in total. The van der Waals surface area contributed by atoms with Gasteiger partial charge >= 0.3 is 17.2 Å². The summed E-state index contributed by atoms with van der Waals surface area (Å²) in [6.07, 6.45) is 0. The normalized spacial score (nSPS) is 14.9. The van der Waals surface area contributed by atoms with Gasteiger partial charge in [-0.05, 0) is 23.9 Å². The number of morpholine rings is 1. The van der Waals surface area contributed by atoms with Gasteiger partial charge in [-0.3, -0.25) is 9.69 Å². The molecule has 1 aromatic carbocycles. The Hall–Kier alpha value is -2.63. The van der Waals surface area contributed by atoms with Crippen molar-refractivity contribution in [2.45, 2.75) is 13.0 Å². The van der Waals surface area contributed by atoms with Crippen LogP contribution in [-0.2, 0) is 28.5 Å². The molecule has 2 rings (SSSR count). The number of amides is 1. The molecule has 1 atom stereocenters. The van der Waals surface area contributed by atoms with Crippen molar-refractivity contribution in [3.8, 4) is 0 Å². The first-order chi connectivity index (χ1) is 15.0. The zero-order valence-electron chi connectivity index (χ0n) is 17.2. The van der Waals surface area contributed by atoms with Crippen molar-refractivity contribution < 1.29 is 38.1 Å². The Morgan fingerprint density at radius 3 is 2.48 bits per heavy atom. The predicted molar refractivity (Wildman–Crippen MR) is 111 cm³/mol. The molecule has 1 fully saturated rings. The molecule has 1 aromatic rings. The summed E-state index contributed by atoms with van der Waals surface area (Å²) >= 11 is 0.669. The highest BCUT2D eigenvalue weighted by atomic mass is 32.2. The highest BCUT2D eigenvalue weighted by Crippen LogP contribution is 2.10. The summed E-state index contributed by atoms with van der Waals surface area (Å²) < 4.78 is 20.2. The summed E-state index contributed by atoms with van der Waals surface area (Å²) in [6.45, 7) is 4.24. The molecule has 0 aromatic heterocycles. The van der Waals surface area contributed by atoms with E-state index in [4.69, 9.17) is 18.9 Å². The van der Waals surface area contributed by atoms with Crippen LogP contribution in [0.5, 0.6) is 0 Å². The molecule has 1 heterocycles. The number of nitrogens with one attached hydrogen (secondary N) is 1. The number of nitrogens with zero attached hydrogens (tertiary/aromatic N) is 1. The molecule has 1 aliphatic heterocycles. The fourth-order valence-corrected chi connectivity index (χ4v) is 3.25. The van der Waals surface area contributed by atoms with E-state index >= 15 is 0 Å². The monoisotopic (exact) mass is 454 g/mol. The van der Waals surface area contributed by atoms with Crippen molar-refractivity contribution in [1.82, 2.24) is 10.2 Å². The number of ether oxygens (including phenoxy) is 4. The molecule has 10 nitrogen and oxygen atoms in total. The molecular formula is C20H26N2O8S. The van der Waals surface area contributed by atoms with Crippen LogP contribution in [0.15, 0.2) is 30.3 Å². The molecule has 1 amide bonds. The van der Waals surface area contributed by atoms with Gasteiger partial charge < -0.3 is 24.3 Å². The van der Waals surface area contributed by atoms with Crippen molar-refractivity contribution in [2.24, 2.45) is 0 Å². The van der Waals surface area contributed by atoms with Gasteiger partial charge in [0.05, 0.1) is 18.8 Å². The third kappa shape index (κ3) is 9.81. The first-order valence-electron chi connectivity index (χ1n) is 9.71. The average Bonchev–Trinajstić information content (AvgIpc) is 2.77. The van der Waals surface area contributed by atoms with Crippen LogP contribution in [0.4, 0.5) is 4.79 Å². The van der Waals surface area contributed by atoms with Crippen molar-refractivity contribution in [3.63, 3.8) is 0 Å². The molecule has 0 unspecified atom stereocenters. The van der Waals surface area contributed by atoms with E-state index in [0.717, 1.165) is 13.1 Å². The lowest BCUT2D eigenvalue weighted by Gasteiger charge is -2.26. The highest BCUT2D eigenvalue weighted by molar-refractivity contribution is 8.13. The van der Waals surface area contributed by atoms with Crippen LogP contribution in [-0.4, -0.2) is 86.1 Å². The zero-order valence-corrected chi connectivity index (χ0v) is 18.1. The number of hydrogen-bond acceptors (Lipinski definition) is 10. The molecule has 1 saturated heterocycles.